The summed E-state index contributed by atoms with van der Waals surface area (Å²) >= 11 is 0. The van der Waals surface area contributed by atoms with Gasteiger partial charge in [-0.3, -0.25) is 0 Å². The second kappa shape index (κ2) is 14.7. The second-order valence-corrected chi connectivity index (χ2v) is 6.61. The van der Waals surface area contributed by atoms with Gasteiger partial charge in [-0.05, 0) is 25.8 Å². The Bertz CT molecular complexity index is 97.8. The van der Waals surface area contributed by atoms with Crippen LogP contribution in [-0.2, 0) is 0 Å². The van der Waals surface area contributed by atoms with Crippen molar-refractivity contribution in [2.45, 2.75) is 58.3 Å². The van der Waals surface area contributed by atoms with Crippen LogP contribution in [0.2, 0.25) is 0 Å². The summed E-state index contributed by atoms with van der Waals surface area (Å²) in [6.07, 6.45) is 10.8. The number of hydrogen-bond acceptors (Lipinski definition) is 3. The summed E-state index contributed by atoms with van der Waals surface area (Å²) in [6, 6.07) is 0. The summed E-state index contributed by atoms with van der Waals surface area (Å²) in [4.78, 5) is 0. The minimum Gasteiger partial charge on any atom is -0.330 e. The van der Waals surface area contributed by atoms with E-state index in [-0.39, 0.29) is 0 Å². The summed E-state index contributed by atoms with van der Waals surface area (Å²) < 4.78 is 0. The van der Waals surface area contributed by atoms with Crippen molar-refractivity contribution in [3.8, 4) is 0 Å². The van der Waals surface area contributed by atoms with E-state index in [2.05, 4.69) is 28.5 Å². The van der Waals surface area contributed by atoms with E-state index in [1.807, 2.05) is 0 Å². The van der Waals surface area contributed by atoms with E-state index < -0.39 is 0 Å². The maximum absolute atomic E-state index is 5.44. The first kappa shape index (κ1) is 15.7. The molecule has 0 aromatic heterocycles. The molecular formula is C12H27NS2. The van der Waals surface area contributed by atoms with Crippen LogP contribution in [-0.4, -0.2) is 18.1 Å². The van der Waals surface area contributed by atoms with E-state index in [9.17, 15) is 0 Å². The van der Waals surface area contributed by atoms with Crippen LogP contribution in [0.5, 0.6) is 0 Å². The van der Waals surface area contributed by atoms with Crippen molar-refractivity contribution >= 4 is 21.6 Å². The molecule has 0 aromatic carbocycles. The molecule has 0 saturated heterocycles. The van der Waals surface area contributed by atoms with Crippen molar-refractivity contribution in [1.82, 2.24) is 0 Å². The quantitative estimate of drug-likeness (QED) is 0.408. The van der Waals surface area contributed by atoms with E-state index in [1.165, 1.54) is 62.9 Å². The molecule has 92 valence electrons. The Morgan fingerprint density at radius 2 is 1.27 bits per heavy atom. The van der Waals surface area contributed by atoms with Crippen LogP contribution in [0.15, 0.2) is 0 Å². The Balaban J connectivity index is 2.81. The Hall–Kier alpha value is 0.660. The Morgan fingerprint density at radius 1 is 0.733 bits per heavy atom. The van der Waals surface area contributed by atoms with Crippen molar-refractivity contribution in [2.75, 3.05) is 18.1 Å². The van der Waals surface area contributed by atoms with E-state index in [4.69, 9.17) is 5.73 Å². The first-order valence-electron chi connectivity index (χ1n) is 6.36. The predicted octanol–water partition coefficient (Wildman–Crippen LogP) is 4.47. The molecule has 3 heteroatoms. The zero-order valence-electron chi connectivity index (χ0n) is 10.2. The minimum atomic E-state index is 0.860. The Labute approximate surface area is 104 Å². The SMILES string of the molecule is CCCCCCSSCCCCCCN. The Morgan fingerprint density at radius 3 is 1.80 bits per heavy atom. The summed E-state index contributed by atoms with van der Waals surface area (Å²) in [5.41, 5.74) is 5.44. The van der Waals surface area contributed by atoms with Crippen LogP contribution in [0.25, 0.3) is 0 Å². The van der Waals surface area contributed by atoms with Gasteiger partial charge < -0.3 is 5.73 Å². The fraction of sp³-hybridized carbons (Fsp3) is 1.00. The molecule has 1 nitrogen and oxygen atoms in total. The molecule has 0 heterocycles. The lowest BCUT2D eigenvalue weighted by atomic mass is 10.2. The molecule has 0 fully saturated rings. The number of nitrogens with two attached hydrogens (primary N) is 1. The molecule has 0 bridgehead atoms. The highest BCUT2D eigenvalue weighted by atomic mass is 33.1. The summed E-state index contributed by atoms with van der Waals surface area (Å²) in [5, 5.41) is 0. The third kappa shape index (κ3) is 14.7. The average Bonchev–Trinajstić information content (AvgIpc) is 2.26. The van der Waals surface area contributed by atoms with Crippen molar-refractivity contribution < 1.29 is 0 Å². The molecule has 0 spiro atoms. The fourth-order valence-corrected chi connectivity index (χ4v) is 3.66. The van der Waals surface area contributed by atoms with Crippen molar-refractivity contribution in [2.24, 2.45) is 5.73 Å². The lowest BCUT2D eigenvalue weighted by Crippen LogP contribution is -1.97. The van der Waals surface area contributed by atoms with Gasteiger partial charge in [0.15, 0.2) is 0 Å². The van der Waals surface area contributed by atoms with Crippen LogP contribution in [0, 0.1) is 0 Å². The summed E-state index contributed by atoms with van der Waals surface area (Å²) in [6.45, 7) is 3.13. The van der Waals surface area contributed by atoms with Gasteiger partial charge in [-0.1, -0.05) is 60.6 Å². The van der Waals surface area contributed by atoms with Crippen LogP contribution in [0.4, 0.5) is 0 Å². The average molecular weight is 249 g/mol. The molecule has 0 aliphatic carbocycles. The molecule has 0 aliphatic rings. The Kier molecular flexibility index (Phi) is 15.3. The predicted molar refractivity (Wildman–Crippen MR) is 76.6 cm³/mol. The van der Waals surface area contributed by atoms with Gasteiger partial charge in [0.1, 0.15) is 0 Å². The summed E-state index contributed by atoms with van der Waals surface area (Å²) in [7, 11) is 4.11. The van der Waals surface area contributed by atoms with Gasteiger partial charge in [-0.2, -0.15) is 0 Å². The van der Waals surface area contributed by atoms with Gasteiger partial charge >= 0.3 is 0 Å². The molecule has 0 aliphatic heterocycles. The van der Waals surface area contributed by atoms with Crippen molar-refractivity contribution in [3.05, 3.63) is 0 Å². The van der Waals surface area contributed by atoms with Crippen molar-refractivity contribution in [3.63, 3.8) is 0 Å². The topological polar surface area (TPSA) is 26.0 Å². The van der Waals surface area contributed by atoms with Crippen molar-refractivity contribution in [1.29, 1.82) is 0 Å². The maximum atomic E-state index is 5.44. The monoisotopic (exact) mass is 249 g/mol. The number of rotatable bonds is 12. The highest BCUT2D eigenvalue weighted by Crippen LogP contribution is 2.24. The molecule has 0 unspecified atom stereocenters. The zero-order chi connectivity index (χ0) is 11.2. The molecule has 0 atom stereocenters. The summed E-state index contributed by atoms with van der Waals surface area (Å²) in [5.74, 6) is 2.66. The fourth-order valence-electron chi connectivity index (χ4n) is 1.36. The molecule has 15 heavy (non-hydrogen) atoms. The number of hydrogen-bond donors (Lipinski definition) is 1. The van der Waals surface area contributed by atoms with Gasteiger partial charge in [-0.25, -0.2) is 0 Å². The lowest BCUT2D eigenvalue weighted by Gasteiger charge is -2.01. The van der Waals surface area contributed by atoms with Crippen LogP contribution in [0.3, 0.4) is 0 Å². The van der Waals surface area contributed by atoms with Crippen LogP contribution in [0.1, 0.15) is 58.3 Å². The van der Waals surface area contributed by atoms with Gasteiger partial charge in [-0.15, -0.1) is 0 Å². The van der Waals surface area contributed by atoms with Crippen LogP contribution < -0.4 is 5.73 Å². The van der Waals surface area contributed by atoms with Gasteiger partial charge in [0.25, 0.3) is 0 Å². The third-order valence-corrected chi connectivity index (χ3v) is 4.92. The standard InChI is InChI=1S/C12H27NS2/c1-2-3-4-8-11-14-15-12-9-6-5-7-10-13/h2-13H2,1H3. The van der Waals surface area contributed by atoms with Gasteiger partial charge in [0, 0.05) is 11.5 Å². The van der Waals surface area contributed by atoms with Crippen LogP contribution >= 0.6 is 21.6 Å². The molecule has 0 radical (unpaired) electrons. The molecule has 0 aromatic rings. The largest absolute Gasteiger partial charge is 0.330 e. The van der Waals surface area contributed by atoms with E-state index in [1.54, 1.807) is 0 Å². The first-order valence-corrected chi connectivity index (χ1v) is 8.85. The van der Waals surface area contributed by atoms with E-state index in [0.717, 1.165) is 6.54 Å². The highest BCUT2D eigenvalue weighted by molar-refractivity contribution is 8.76. The second-order valence-electron chi connectivity index (χ2n) is 3.91. The molecule has 0 amide bonds. The highest BCUT2D eigenvalue weighted by Gasteiger charge is 1.92. The van der Waals surface area contributed by atoms with E-state index >= 15 is 0 Å². The lowest BCUT2D eigenvalue weighted by molar-refractivity contribution is 0.678. The zero-order valence-corrected chi connectivity index (χ0v) is 11.8. The minimum absolute atomic E-state index is 0.860. The van der Waals surface area contributed by atoms with Gasteiger partial charge in [0.2, 0.25) is 0 Å². The smallest absolute Gasteiger partial charge is 0.00369 e. The van der Waals surface area contributed by atoms with E-state index in [0.29, 0.717) is 0 Å². The maximum Gasteiger partial charge on any atom is 0.00369 e. The molecular weight excluding hydrogens is 222 g/mol. The first-order chi connectivity index (χ1) is 7.41. The van der Waals surface area contributed by atoms with Gasteiger partial charge in [0.05, 0.1) is 0 Å². The number of unbranched alkanes of at least 4 members (excludes halogenated alkanes) is 6. The normalized spacial score (nSPS) is 10.8. The third-order valence-electron chi connectivity index (χ3n) is 2.35. The molecule has 2 N–H and O–H groups in total. The molecule has 0 rings (SSSR count). The molecule has 0 saturated carbocycles.